The summed E-state index contributed by atoms with van der Waals surface area (Å²) in [5, 5.41) is 0. The van der Waals surface area contributed by atoms with Crippen molar-refractivity contribution in [1.82, 2.24) is 19.6 Å². The van der Waals surface area contributed by atoms with E-state index in [2.05, 4.69) is 33.4 Å². The van der Waals surface area contributed by atoms with E-state index in [1.165, 1.54) is 51.4 Å². The average Bonchev–Trinajstić information content (AvgIpc) is 2.89. The Bertz CT molecular complexity index is 553. The zero-order chi connectivity index (χ0) is 24.2. The molecule has 0 spiro atoms. The van der Waals surface area contributed by atoms with Gasteiger partial charge in [0.15, 0.2) is 0 Å². The van der Waals surface area contributed by atoms with E-state index in [1.54, 1.807) is 0 Å². The zero-order valence-electron chi connectivity index (χ0n) is 22.3. The standard InChI is InChI=1S/C28H52N4O2/c1-3-5-7-9-15-29-17-11-13-25(23-29)27(33)31-19-21-32(22-20-31)28(34)26-14-12-18-30(24-26)16-10-8-6-4-2/h25-26H,3-24H2,1-2H3. The van der Waals surface area contributed by atoms with Crippen LogP contribution in [0.25, 0.3) is 0 Å². The van der Waals surface area contributed by atoms with Crippen LogP contribution in [0.4, 0.5) is 0 Å². The van der Waals surface area contributed by atoms with Crippen molar-refractivity contribution in [3.63, 3.8) is 0 Å². The number of piperidine rings is 2. The van der Waals surface area contributed by atoms with Crippen molar-refractivity contribution in [1.29, 1.82) is 0 Å². The summed E-state index contributed by atoms with van der Waals surface area (Å²) in [4.78, 5) is 35.6. The Labute approximate surface area is 209 Å². The molecule has 3 aliphatic rings. The Morgan fingerprint density at radius 1 is 0.588 bits per heavy atom. The van der Waals surface area contributed by atoms with Gasteiger partial charge in [-0.15, -0.1) is 0 Å². The topological polar surface area (TPSA) is 47.1 Å². The van der Waals surface area contributed by atoms with Gasteiger partial charge < -0.3 is 19.6 Å². The van der Waals surface area contributed by atoms with Crippen molar-refractivity contribution < 1.29 is 9.59 Å². The van der Waals surface area contributed by atoms with Crippen LogP contribution in [-0.2, 0) is 9.59 Å². The lowest BCUT2D eigenvalue weighted by Gasteiger charge is -2.41. The number of amides is 2. The fourth-order valence-corrected chi connectivity index (χ4v) is 6.11. The number of carbonyl (C=O) groups excluding carboxylic acids is 2. The summed E-state index contributed by atoms with van der Waals surface area (Å²) in [7, 11) is 0. The molecule has 0 N–H and O–H groups in total. The summed E-state index contributed by atoms with van der Waals surface area (Å²) in [6.07, 6.45) is 14.6. The highest BCUT2D eigenvalue weighted by atomic mass is 16.2. The zero-order valence-corrected chi connectivity index (χ0v) is 22.3. The van der Waals surface area contributed by atoms with Crippen molar-refractivity contribution in [2.75, 3.05) is 65.4 Å². The SMILES string of the molecule is CCCCCCN1CCCC(C(=O)N2CCN(C(=O)C3CCCN(CCCCCC)C3)CC2)C1. The van der Waals surface area contributed by atoms with Crippen molar-refractivity contribution in [3.8, 4) is 0 Å². The maximum atomic E-state index is 13.2. The van der Waals surface area contributed by atoms with Gasteiger partial charge in [-0.05, 0) is 64.7 Å². The van der Waals surface area contributed by atoms with E-state index in [-0.39, 0.29) is 11.8 Å². The van der Waals surface area contributed by atoms with Gasteiger partial charge in [0.2, 0.25) is 11.8 Å². The minimum absolute atomic E-state index is 0.154. The molecule has 6 nitrogen and oxygen atoms in total. The number of unbranched alkanes of at least 4 members (excludes halogenated alkanes) is 6. The fourth-order valence-electron chi connectivity index (χ4n) is 6.11. The largest absolute Gasteiger partial charge is 0.339 e. The van der Waals surface area contributed by atoms with Gasteiger partial charge in [-0.25, -0.2) is 0 Å². The lowest BCUT2D eigenvalue weighted by Crippen LogP contribution is -2.55. The average molecular weight is 477 g/mol. The van der Waals surface area contributed by atoms with E-state index in [9.17, 15) is 9.59 Å². The number of hydrogen-bond acceptors (Lipinski definition) is 4. The second-order valence-corrected chi connectivity index (χ2v) is 11.1. The number of piperazine rings is 1. The molecule has 0 bridgehead atoms. The molecule has 3 aliphatic heterocycles. The highest BCUT2D eigenvalue weighted by Gasteiger charge is 2.34. The molecule has 2 amide bonds. The molecule has 196 valence electrons. The van der Waals surface area contributed by atoms with E-state index in [4.69, 9.17) is 0 Å². The fraction of sp³-hybridized carbons (Fsp3) is 0.929. The molecule has 0 aromatic carbocycles. The van der Waals surface area contributed by atoms with E-state index >= 15 is 0 Å². The van der Waals surface area contributed by atoms with Gasteiger partial charge >= 0.3 is 0 Å². The van der Waals surface area contributed by atoms with Gasteiger partial charge in [0.05, 0.1) is 11.8 Å². The van der Waals surface area contributed by atoms with Gasteiger partial charge in [-0.2, -0.15) is 0 Å². The van der Waals surface area contributed by atoms with Gasteiger partial charge in [0.1, 0.15) is 0 Å². The molecular formula is C28H52N4O2. The molecule has 3 fully saturated rings. The molecule has 0 aromatic heterocycles. The van der Waals surface area contributed by atoms with Crippen LogP contribution in [0.2, 0.25) is 0 Å². The Kier molecular flexibility index (Phi) is 12.2. The summed E-state index contributed by atoms with van der Waals surface area (Å²) in [5.74, 6) is 0.978. The van der Waals surface area contributed by atoms with E-state index in [0.717, 1.165) is 65.0 Å². The maximum Gasteiger partial charge on any atom is 0.227 e. The van der Waals surface area contributed by atoms with Crippen LogP contribution in [0.3, 0.4) is 0 Å². The lowest BCUT2D eigenvalue weighted by molar-refractivity contribution is -0.146. The molecule has 34 heavy (non-hydrogen) atoms. The van der Waals surface area contributed by atoms with Crippen molar-refractivity contribution >= 4 is 11.8 Å². The van der Waals surface area contributed by atoms with Gasteiger partial charge in [0.25, 0.3) is 0 Å². The van der Waals surface area contributed by atoms with E-state index in [0.29, 0.717) is 38.0 Å². The number of nitrogens with zero attached hydrogens (tertiary/aromatic N) is 4. The Hall–Kier alpha value is -1.14. The molecule has 0 saturated carbocycles. The number of likely N-dealkylation sites (tertiary alicyclic amines) is 2. The number of rotatable bonds is 12. The Morgan fingerprint density at radius 2 is 1.00 bits per heavy atom. The molecule has 3 heterocycles. The molecule has 0 aromatic rings. The molecule has 2 unspecified atom stereocenters. The number of carbonyl (C=O) groups is 2. The van der Waals surface area contributed by atoms with Crippen LogP contribution in [0.1, 0.15) is 90.9 Å². The predicted octanol–water partition coefficient (Wildman–Crippen LogP) is 4.24. The van der Waals surface area contributed by atoms with Gasteiger partial charge in [0, 0.05) is 39.3 Å². The smallest absolute Gasteiger partial charge is 0.227 e. The van der Waals surface area contributed by atoms with Crippen LogP contribution in [0.15, 0.2) is 0 Å². The first-order valence-corrected chi connectivity index (χ1v) is 14.6. The Morgan fingerprint density at radius 3 is 1.38 bits per heavy atom. The van der Waals surface area contributed by atoms with Crippen LogP contribution in [0, 0.1) is 11.8 Å². The molecule has 0 radical (unpaired) electrons. The molecule has 3 saturated heterocycles. The second-order valence-electron chi connectivity index (χ2n) is 11.1. The van der Waals surface area contributed by atoms with Crippen LogP contribution in [0.5, 0.6) is 0 Å². The Balaban J connectivity index is 1.38. The molecule has 3 rings (SSSR count). The third kappa shape index (κ3) is 8.51. The molecular weight excluding hydrogens is 424 g/mol. The van der Waals surface area contributed by atoms with Crippen LogP contribution in [-0.4, -0.2) is 96.9 Å². The minimum atomic E-state index is 0.154. The van der Waals surface area contributed by atoms with Gasteiger partial charge in [-0.3, -0.25) is 9.59 Å². The van der Waals surface area contributed by atoms with Crippen LogP contribution >= 0.6 is 0 Å². The summed E-state index contributed by atoms with van der Waals surface area (Å²) in [5.41, 5.74) is 0. The normalized spacial score (nSPS) is 25.0. The lowest BCUT2D eigenvalue weighted by atomic mass is 9.95. The van der Waals surface area contributed by atoms with E-state index < -0.39 is 0 Å². The van der Waals surface area contributed by atoms with E-state index in [1.807, 2.05) is 0 Å². The maximum absolute atomic E-state index is 13.2. The number of hydrogen-bond donors (Lipinski definition) is 0. The third-order valence-electron chi connectivity index (χ3n) is 8.27. The van der Waals surface area contributed by atoms with Crippen molar-refractivity contribution in [2.24, 2.45) is 11.8 Å². The first-order chi connectivity index (χ1) is 16.6. The summed E-state index contributed by atoms with van der Waals surface area (Å²) < 4.78 is 0. The van der Waals surface area contributed by atoms with Crippen LogP contribution < -0.4 is 0 Å². The first kappa shape index (κ1) is 27.4. The molecule has 6 heteroatoms. The monoisotopic (exact) mass is 476 g/mol. The van der Waals surface area contributed by atoms with Crippen molar-refractivity contribution in [3.05, 3.63) is 0 Å². The summed E-state index contributed by atoms with van der Waals surface area (Å²) in [6.45, 7) is 13.8. The summed E-state index contributed by atoms with van der Waals surface area (Å²) in [6, 6.07) is 0. The third-order valence-corrected chi connectivity index (χ3v) is 8.27. The quantitative estimate of drug-likeness (QED) is 0.395. The summed E-state index contributed by atoms with van der Waals surface area (Å²) >= 11 is 0. The highest BCUT2D eigenvalue weighted by molar-refractivity contribution is 5.81. The highest BCUT2D eigenvalue weighted by Crippen LogP contribution is 2.23. The molecule has 2 atom stereocenters. The predicted molar refractivity (Wildman–Crippen MR) is 140 cm³/mol. The van der Waals surface area contributed by atoms with Gasteiger partial charge in [-0.1, -0.05) is 52.4 Å². The van der Waals surface area contributed by atoms with Crippen molar-refractivity contribution in [2.45, 2.75) is 90.9 Å². The molecule has 0 aliphatic carbocycles. The first-order valence-electron chi connectivity index (χ1n) is 14.6. The second kappa shape index (κ2) is 15.1. The minimum Gasteiger partial charge on any atom is -0.339 e.